The molecule has 1 rings (SSSR count). The van der Waals surface area contributed by atoms with E-state index in [9.17, 15) is 21.6 Å². The third-order valence-corrected chi connectivity index (χ3v) is 3.01. The van der Waals surface area contributed by atoms with Crippen LogP contribution in [0.2, 0.25) is 5.02 Å². The van der Waals surface area contributed by atoms with Crippen molar-refractivity contribution in [2.24, 2.45) is 0 Å². The van der Waals surface area contributed by atoms with Gasteiger partial charge in [-0.3, -0.25) is 0 Å². The summed E-state index contributed by atoms with van der Waals surface area (Å²) in [4.78, 5) is 0. The summed E-state index contributed by atoms with van der Waals surface area (Å²) in [5, 5.41) is -0.483. The Labute approximate surface area is 99.4 Å². The third-order valence-electron chi connectivity index (χ3n) is 1.68. The van der Waals surface area contributed by atoms with E-state index in [2.05, 4.69) is 0 Å². The van der Waals surface area contributed by atoms with Crippen molar-refractivity contribution in [2.75, 3.05) is 0 Å². The van der Waals surface area contributed by atoms with Crippen molar-refractivity contribution >= 4 is 31.3 Å². The second-order valence-electron chi connectivity index (χ2n) is 3.00. The quantitative estimate of drug-likeness (QED) is 0.783. The van der Waals surface area contributed by atoms with Gasteiger partial charge >= 0.3 is 6.18 Å². The van der Waals surface area contributed by atoms with E-state index in [1.165, 1.54) is 6.07 Å². The van der Waals surface area contributed by atoms with E-state index in [0.29, 0.717) is 6.07 Å². The standard InChI is InChI=1S/C8H5Cl2F3O2S/c9-7-2-1-5(4-16(10,14)15)3-6(7)8(11,12)13/h1-3H,4H2. The molecule has 0 aliphatic rings. The highest BCUT2D eigenvalue weighted by Crippen LogP contribution is 2.35. The molecule has 0 radical (unpaired) electrons. The normalized spacial score (nSPS) is 12.8. The minimum absolute atomic E-state index is 0.0632. The second kappa shape index (κ2) is 4.43. The molecule has 90 valence electrons. The van der Waals surface area contributed by atoms with Crippen molar-refractivity contribution in [3.05, 3.63) is 34.3 Å². The lowest BCUT2D eigenvalue weighted by Crippen LogP contribution is -2.07. The van der Waals surface area contributed by atoms with Crippen molar-refractivity contribution in [3.8, 4) is 0 Å². The van der Waals surface area contributed by atoms with Gasteiger partial charge in [0.2, 0.25) is 9.05 Å². The number of rotatable bonds is 2. The Morgan fingerprint density at radius 3 is 2.25 bits per heavy atom. The molecule has 0 fully saturated rings. The molecule has 0 aromatic heterocycles. The van der Waals surface area contributed by atoms with Gasteiger partial charge < -0.3 is 0 Å². The van der Waals surface area contributed by atoms with E-state index in [4.69, 9.17) is 22.3 Å². The topological polar surface area (TPSA) is 34.1 Å². The van der Waals surface area contributed by atoms with Gasteiger partial charge in [0.05, 0.1) is 16.3 Å². The number of benzene rings is 1. The number of hydrogen-bond donors (Lipinski definition) is 0. The average Bonchev–Trinajstić information content (AvgIpc) is 2.04. The van der Waals surface area contributed by atoms with Crippen molar-refractivity contribution in [3.63, 3.8) is 0 Å². The van der Waals surface area contributed by atoms with E-state index >= 15 is 0 Å². The Balaban J connectivity index is 3.18. The van der Waals surface area contributed by atoms with Crippen LogP contribution in [0.25, 0.3) is 0 Å². The van der Waals surface area contributed by atoms with E-state index in [0.717, 1.165) is 6.07 Å². The van der Waals surface area contributed by atoms with E-state index in [-0.39, 0.29) is 5.56 Å². The molecule has 2 nitrogen and oxygen atoms in total. The van der Waals surface area contributed by atoms with Gasteiger partial charge in [-0.15, -0.1) is 0 Å². The number of hydrogen-bond acceptors (Lipinski definition) is 2. The molecule has 1 aromatic rings. The Bertz CT molecular complexity index is 496. The molecular weight excluding hydrogens is 288 g/mol. The minimum Gasteiger partial charge on any atom is -0.212 e. The smallest absolute Gasteiger partial charge is 0.212 e. The zero-order chi connectivity index (χ0) is 12.6. The van der Waals surface area contributed by atoms with Gasteiger partial charge in [0.25, 0.3) is 0 Å². The van der Waals surface area contributed by atoms with Crippen LogP contribution in [-0.4, -0.2) is 8.42 Å². The Kier molecular flexibility index (Phi) is 3.76. The van der Waals surface area contributed by atoms with Gasteiger partial charge in [-0.05, 0) is 17.7 Å². The first kappa shape index (κ1) is 13.6. The van der Waals surface area contributed by atoms with E-state index in [1.54, 1.807) is 0 Å². The maximum atomic E-state index is 12.4. The predicted molar refractivity (Wildman–Crippen MR) is 54.9 cm³/mol. The van der Waals surface area contributed by atoms with Crippen LogP contribution in [0.3, 0.4) is 0 Å². The highest BCUT2D eigenvalue weighted by Gasteiger charge is 2.33. The van der Waals surface area contributed by atoms with Crippen LogP contribution in [0.4, 0.5) is 13.2 Å². The monoisotopic (exact) mass is 292 g/mol. The highest BCUT2D eigenvalue weighted by atomic mass is 35.7. The van der Waals surface area contributed by atoms with Gasteiger partial charge in [-0.2, -0.15) is 13.2 Å². The van der Waals surface area contributed by atoms with Crippen molar-refractivity contribution in [1.82, 2.24) is 0 Å². The molecule has 0 unspecified atom stereocenters. The zero-order valence-electron chi connectivity index (χ0n) is 7.55. The molecule has 0 bridgehead atoms. The average molecular weight is 293 g/mol. The second-order valence-corrected chi connectivity index (χ2v) is 6.18. The summed E-state index contributed by atoms with van der Waals surface area (Å²) in [6, 6.07) is 2.83. The van der Waals surface area contributed by atoms with Crippen LogP contribution in [0.1, 0.15) is 11.1 Å². The highest BCUT2D eigenvalue weighted by molar-refractivity contribution is 8.13. The van der Waals surface area contributed by atoms with Gasteiger partial charge in [0.1, 0.15) is 0 Å². The zero-order valence-corrected chi connectivity index (χ0v) is 9.88. The summed E-state index contributed by atoms with van der Waals surface area (Å²) in [6.07, 6.45) is -4.62. The molecule has 0 atom stereocenters. The third kappa shape index (κ3) is 3.84. The molecule has 0 amide bonds. The summed E-state index contributed by atoms with van der Waals surface area (Å²) >= 11 is 5.35. The predicted octanol–water partition coefficient (Wildman–Crippen LogP) is 3.43. The fourth-order valence-corrected chi connectivity index (χ4v) is 2.26. The first-order valence-corrected chi connectivity index (χ1v) is 6.73. The molecule has 16 heavy (non-hydrogen) atoms. The maximum Gasteiger partial charge on any atom is 0.417 e. The summed E-state index contributed by atoms with van der Waals surface area (Å²) in [7, 11) is 1.04. The molecule has 1 aromatic carbocycles. The van der Waals surface area contributed by atoms with Crippen LogP contribution in [0, 0.1) is 0 Å². The van der Waals surface area contributed by atoms with Gasteiger partial charge in [0.15, 0.2) is 0 Å². The number of halogens is 5. The molecule has 8 heteroatoms. The summed E-state index contributed by atoms with van der Waals surface area (Å²) < 4.78 is 58.6. The summed E-state index contributed by atoms with van der Waals surface area (Å²) in [5.41, 5.74) is -1.14. The van der Waals surface area contributed by atoms with Crippen LogP contribution in [-0.2, 0) is 21.0 Å². The lowest BCUT2D eigenvalue weighted by atomic mass is 10.1. The van der Waals surface area contributed by atoms with E-state index in [1.807, 2.05) is 0 Å². The van der Waals surface area contributed by atoms with Crippen LogP contribution in [0.5, 0.6) is 0 Å². The van der Waals surface area contributed by atoms with Gasteiger partial charge in [-0.25, -0.2) is 8.42 Å². The molecule has 0 N–H and O–H groups in total. The van der Waals surface area contributed by atoms with Crippen molar-refractivity contribution in [2.45, 2.75) is 11.9 Å². The molecular formula is C8H5Cl2F3O2S. The lowest BCUT2D eigenvalue weighted by molar-refractivity contribution is -0.137. The molecule has 0 aliphatic carbocycles. The Hall–Kier alpha value is -0.460. The van der Waals surface area contributed by atoms with Crippen LogP contribution in [0.15, 0.2) is 18.2 Å². The SMILES string of the molecule is O=S(=O)(Cl)Cc1ccc(Cl)c(C(F)(F)F)c1. The summed E-state index contributed by atoms with van der Waals surface area (Å²) in [5.74, 6) is -0.672. The molecule has 0 spiro atoms. The molecule has 0 heterocycles. The van der Waals surface area contributed by atoms with Gasteiger partial charge in [0, 0.05) is 10.7 Å². The largest absolute Gasteiger partial charge is 0.417 e. The van der Waals surface area contributed by atoms with Crippen LogP contribution < -0.4 is 0 Å². The maximum absolute atomic E-state index is 12.4. The minimum atomic E-state index is -4.62. The molecule has 0 saturated carbocycles. The number of alkyl halides is 3. The van der Waals surface area contributed by atoms with Crippen molar-refractivity contribution in [1.29, 1.82) is 0 Å². The summed E-state index contributed by atoms with van der Waals surface area (Å²) in [6.45, 7) is 0. The molecule has 0 saturated heterocycles. The Morgan fingerprint density at radius 2 is 1.81 bits per heavy atom. The van der Waals surface area contributed by atoms with E-state index < -0.39 is 31.6 Å². The Morgan fingerprint density at radius 1 is 1.25 bits per heavy atom. The van der Waals surface area contributed by atoms with Gasteiger partial charge in [-0.1, -0.05) is 17.7 Å². The fraction of sp³-hybridized carbons (Fsp3) is 0.250. The lowest BCUT2D eigenvalue weighted by Gasteiger charge is -2.10. The molecule has 0 aliphatic heterocycles. The first-order chi connectivity index (χ1) is 7.09. The van der Waals surface area contributed by atoms with Crippen LogP contribution >= 0.6 is 22.3 Å². The van der Waals surface area contributed by atoms with Crippen molar-refractivity contribution < 1.29 is 21.6 Å². The fourth-order valence-electron chi connectivity index (χ4n) is 1.08. The first-order valence-electron chi connectivity index (χ1n) is 3.87.